The number of nitrogens with zero attached hydrogens (tertiary/aromatic N) is 2. The van der Waals surface area contributed by atoms with Crippen LogP contribution in [0.3, 0.4) is 0 Å². The molecule has 2 aliphatic rings. The summed E-state index contributed by atoms with van der Waals surface area (Å²) in [5.74, 6) is -0.298. The summed E-state index contributed by atoms with van der Waals surface area (Å²) in [5.41, 5.74) is 0.704. The van der Waals surface area contributed by atoms with Gasteiger partial charge in [-0.25, -0.2) is 9.69 Å². The molecule has 0 saturated carbocycles. The molecule has 2 fully saturated rings. The third kappa shape index (κ3) is 2.52. The molecule has 3 rings (SSSR count). The van der Waals surface area contributed by atoms with Gasteiger partial charge < -0.3 is 9.47 Å². The Hall–Kier alpha value is -1.92. The van der Waals surface area contributed by atoms with E-state index in [1.807, 2.05) is 23.1 Å². The van der Waals surface area contributed by atoms with Gasteiger partial charge in [-0.2, -0.15) is 0 Å². The van der Waals surface area contributed by atoms with E-state index in [-0.39, 0.29) is 12.6 Å². The molecule has 1 unspecified atom stereocenters. The predicted octanol–water partition coefficient (Wildman–Crippen LogP) is 0.996. The highest BCUT2D eigenvalue weighted by Gasteiger charge is 2.42. The van der Waals surface area contributed by atoms with Crippen LogP contribution in [0.1, 0.15) is 11.7 Å². The largest absolute Gasteiger partial charge is 0.431 e. The monoisotopic (exact) mass is 276 g/mol. The van der Waals surface area contributed by atoms with Crippen molar-refractivity contribution in [3.8, 4) is 0 Å². The van der Waals surface area contributed by atoms with Crippen LogP contribution < -0.4 is 0 Å². The van der Waals surface area contributed by atoms with Crippen molar-refractivity contribution in [1.29, 1.82) is 0 Å². The zero-order valence-corrected chi connectivity index (χ0v) is 11.0. The van der Waals surface area contributed by atoms with Crippen LogP contribution in [0.4, 0.5) is 4.79 Å². The molecule has 1 aromatic carbocycles. The van der Waals surface area contributed by atoms with Gasteiger partial charge in [-0.1, -0.05) is 30.3 Å². The summed E-state index contributed by atoms with van der Waals surface area (Å²) in [6.45, 7) is 2.95. The summed E-state index contributed by atoms with van der Waals surface area (Å²) < 4.78 is 10.4. The number of morpholine rings is 1. The lowest BCUT2D eigenvalue weighted by molar-refractivity contribution is -0.131. The summed E-state index contributed by atoms with van der Waals surface area (Å²) in [7, 11) is 0. The first-order valence-electron chi connectivity index (χ1n) is 6.63. The molecule has 2 saturated heterocycles. The average Bonchev–Trinajstić information content (AvgIpc) is 2.77. The topological polar surface area (TPSA) is 59.1 Å². The fourth-order valence-electron chi connectivity index (χ4n) is 2.35. The van der Waals surface area contributed by atoms with Crippen molar-refractivity contribution < 1.29 is 19.1 Å². The second-order valence-corrected chi connectivity index (χ2v) is 4.81. The highest BCUT2D eigenvalue weighted by atomic mass is 16.6. The number of rotatable bonds is 3. The highest BCUT2D eigenvalue weighted by molar-refractivity contribution is 6.00. The first kappa shape index (κ1) is 13.1. The first-order valence-corrected chi connectivity index (χ1v) is 6.63. The van der Waals surface area contributed by atoms with E-state index in [0.717, 1.165) is 0 Å². The first-order chi connectivity index (χ1) is 9.75. The van der Waals surface area contributed by atoms with Gasteiger partial charge in [0.15, 0.2) is 0 Å². The highest BCUT2D eigenvalue weighted by Crippen LogP contribution is 2.27. The summed E-state index contributed by atoms with van der Waals surface area (Å²) >= 11 is 0. The fourth-order valence-corrected chi connectivity index (χ4v) is 2.35. The van der Waals surface area contributed by atoms with E-state index >= 15 is 0 Å². The van der Waals surface area contributed by atoms with Crippen LogP contribution in [0.5, 0.6) is 0 Å². The predicted molar refractivity (Wildman–Crippen MR) is 69.8 cm³/mol. The molecule has 2 heterocycles. The maximum Gasteiger partial charge on any atom is 0.418 e. The second-order valence-electron chi connectivity index (χ2n) is 4.81. The van der Waals surface area contributed by atoms with E-state index in [4.69, 9.17) is 9.47 Å². The van der Waals surface area contributed by atoms with Crippen LogP contribution in [0, 0.1) is 0 Å². The Morgan fingerprint density at radius 3 is 2.50 bits per heavy atom. The Balaban J connectivity index is 1.70. The van der Waals surface area contributed by atoms with E-state index in [1.165, 1.54) is 4.90 Å². The number of ether oxygens (including phenoxy) is 2. The van der Waals surface area contributed by atoms with Crippen molar-refractivity contribution in [3.63, 3.8) is 0 Å². The van der Waals surface area contributed by atoms with Crippen molar-refractivity contribution in [1.82, 2.24) is 9.80 Å². The van der Waals surface area contributed by atoms with Crippen molar-refractivity contribution in [3.05, 3.63) is 35.9 Å². The zero-order valence-electron chi connectivity index (χ0n) is 11.0. The zero-order chi connectivity index (χ0) is 13.9. The number of hydrogen-bond donors (Lipinski definition) is 0. The Kier molecular flexibility index (Phi) is 3.66. The van der Waals surface area contributed by atoms with Crippen LogP contribution in [-0.4, -0.2) is 54.8 Å². The van der Waals surface area contributed by atoms with Crippen LogP contribution in [0.2, 0.25) is 0 Å². The second kappa shape index (κ2) is 5.60. The molecule has 106 valence electrons. The van der Waals surface area contributed by atoms with E-state index in [1.54, 1.807) is 12.1 Å². The van der Waals surface area contributed by atoms with Gasteiger partial charge in [-0.15, -0.1) is 0 Å². The Morgan fingerprint density at radius 1 is 1.10 bits per heavy atom. The SMILES string of the molecule is O=C1OC(c2ccccc2)C(=O)N1CN1CCOCC1. The molecule has 0 N–H and O–H groups in total. The van der Waals surface area contributed by atoms with Gasteiger partial charge in [0.1, 0.15) is 0 Å². The maximum absolute atomic E-state index is 12.3. The molecule has 0 radical (unpaired) electrons. The molecule has 0 bridgehead atoms. The lowest BCUT2D eigenvalue weighted by Crippen LogP contribution is -2.45. The quantitative estimate of drug-likeness (QED) is 0.824. The van der Waals surface area contributed by atoms with Gasteiger partial charge in [0, 0.05) is 18.7 Å². The molecule has 2 amide bonds. The molecule has 2 aliphatic heterocycles. The third-order valence-electron chi connectivity index (χ3n) is 3.48. The Bertz CT molecular complexity index is 499. The molecule has 6 heteroatoms. The molecule has 0 aliphatic carbocycles. The molecule has 1 aromatic rings. The van der Waals surface area contributed by atoms with Gasteiger partial charge >= 0.3 is 6.09 Å². The number of benzene rings is 1. The number of hydrogen-bond acceptors (Lipinski definition) is 5. The normalized spacial score (nSPS) is 24.0. The number of cyclic esters (lactones) is 1. The summed E-state index contributed by atoms with van der Waals surface area (Å²) in [4.78, 5) is 27.4. The average molecular weight is 276 g/mol. The van der Waals surface area contributed by atoms with E-state index in [0.29, 0.717) is 31.9 Å². The number of amides is 2. The number of carbonyl (C=O) groups excluding carboxylic acids is 2. The lowest BCUT2D eigenvalue weighted by Gasteiger charge is -2.28. The van der Waals surface area contributed by atoms with Gasteiger partial charge in [-0.05, 0) is 0 Å². The third-order valence-corrected chi connectivity index (χ3v) is 3.48. The van der Waals surface area contributed by atoms with E-state index in [9.17, 15) is 9.59 Å². The minimum absolute atomic E-state index is 0.268. The van der Waals surface area contributed by atoms with Crippen molar-refractivity contribution >= 4 is 12.0 Å². The maximum atomic E-state index is 12.3. The van der Waals surface area contributed by atoms with Gasteiger partial charge in [-0.3, -0.25) is 9.69 Å². The molecule has 1 atom stereocenters. The standard InChI is InChI=1S/C14H16N2O4/c17-13-12(11-4-2-1-3-5-11)20-14(18)16(13)10-15-6-8-19-9-7-15/h1-5,12H,6-10H2. The Labute approximate surface area is 116 Å². The van der Waals surface area contributed by atoms with Crippen LogP contribution in [-0.2, 0) is 14.3 Å². The molecular weight excluding hydrogens is 260 g/mol. The number of imide groups is 1. The summed E-state index contributed by atoms with van der Waals surface area (Å²) in [6, 6.07) is 9.07. The van der Waals surface area contributed by atoms with Gasteiger partial charge in [0.25, 0.3) is 5.91 Å². The van der Waals surface area contributed by atoms with Crippen molar-refractivity contribution in [2.45, 2.75) is 6.10 Å². The smallest absolute Gasteiger partial charge is 0.418 e. The van der Waals surface area contributed by atoms with Gasteiger partial charge in [0.2, 0.25) is 6.10 Å². The van der Waals surface area contributed by atoms with Crippen molar-refractivity contribution in [2.24, 2.45) is 0 Å². The van der Waals surface area contributed by atoms with Crippen LogP contribution in [0.25, 0.3) is 0 Å². The lowest BCUT2D eigenvalue weighted by atomic mass is 10.1. The summed E-state index contributed by atoms with van der Waals surface area (Å²) in [5, 5.41) is 0. The Morgan fingerprint density at radius 2 is 1.80 bits per heavy atom. The minimum atomic E-state index is -0.815. The fraction of sp³-hybridized carbons (Fsp3) is 0.429. The van der Waals surface area contributed by atoms with Crippen LogP contribution in [0.15, 0.2) is 30.3 Å². The molecular formula is C14H16N2O4. The number of carbonyl (C=O) groups is 2. The van der Waals surface area contributed by atoms with Gasteiger partial charge in [0.05, 0.1) is 19.9 Å². The van der Waals surface area contributed by atoms with Crippen molar-refractivity contribution in [2.75, 3.05) is 33.0 Å². The summed E-state index contributed by atoms with van der Waals surface area (Å²) in [6.07, 6.45) is -1.39. The van der Waals surface area contributed by atoms with E-state index in [2.05, 4.69) is 0 Å². The van der Waals surface area contributed by atoms with E-state index < -0.39 is 12.2 Å². The molecule has 0 aromatic heterocycles. The minimum Gasteiger partial charge on any atom is -0.431 e. The molecule has 0 spiro atoms. The molecule has 20 heavy (non-hydrogen) atoms. The van der Waals surface area contributed by atoms with Crippen LogP contribution >= 0.6 is 0 Å². The molecule has 6 nitrogen and oxygen atoms in total.